The highest BCUT2D eigenvalue weighted by Gasteiger charge is 2.30. The number of hydrogen-bond acceptors (Lipinski definition) is 3. The van der Waals surface area contributed by atoms with Crippen molar-refractivity contribution in [2.75, 3.05) is 15.9 Å². The number of nitrogens with zero attached hydrogens (tertiary/aromatic N) is 1. The normalized spacial score (nSPS) is 12.5. The number of hydrogen-bond donors (Lipinski definition) is 1. The third kappa shape index (κ3) is 4.86. The minimum Gasteiger partial charge on any atom is -0.324 e. The van der Waals surface area contributed by atoms with Gasteiger partial charge in [-0.05, 0) is 49.1 Å². The molecule has 27 heavy (non-hydrogen) atoms. The Morgan fingerprint density at radius 3 is 2.15 bits per heavy atom. The van der Waals surface area contributed by atoms with Gasteiger partial charge in [-0.15, -0.1) is 0 Å². The summed E-state index contributed by atoms with van der Waals surface area (Å²) in [6, 6.07) is 9.95. The Kier molecular flexibility index (Phi) is 6.59. The van der Waals surface area contributed by atoms with Crippen LogP contribution in [-0.2, 0) is 27.7 Å². The highest BCUT2D eigenvalue weighted by Crippen LogP contribution is 2.25. The molecule has 0 fully saturated rings. The lowest BCUT2D eigenvalue weighted by atomic mass is 10.0. The van der Waals surface area contributed by atoms with Crippen molar-refractivity contribution in [2.24, 2.45) is 0 Å². The van der Waals surface area contributed by atoms with Crippen molar-refractivity contribution in [3.8, 4) is 0 Å². The summed E-state index contributed by atoms with van der Waals surface area (Å²) in [6.45, 7) is 5.47. The minimum absolute atomic E-state index is 0.111. The molecule has 1 amide bonds. The Morgan fingerprint density at radius 2 is 1.67 bits per heavy atom. The van der Waals surface area contributed by atoms with E-state index in [4.69, 9.17) is 0 Å². The second-order valence-electron chi connectivity index (χ2n) is 6.36. The van der Waals surface area contributed by atoms with Crippen LogP contribution in [0.2, 0.25) is 0 Å². The van der Waals surface area contributed by atoms with Crippen LogP contribution in [0.1, 0.15) is 31.9 Å². The first-order chi connectivity index (χ1) is 12.7. The van der Waals surface area contributed by atoms with Gasteiger partial charge in [-0.3, -0.25) is 9.10 Å². The average Bonchev–Trinajstić information content (AvgIpc) is 2.60. The van der Waals surface area contributed by atoms with Crippen molar-refractivity contribution in [1.29, 1.82) is 0 Å². The summed E-state index contributed by atoms with van der Waals surface area (Å²) in [7, 11) is -3.80. The Bertz CT molecular complexity index is 906. The van der Waals surface area contributed by atoms with Crippen molar-refractivity contribution in [3.05, 3.63) is 59.4 Å². The SMILES string of the molecule is CCc1cccc(CC)c1NC(=O)[C@@H](C)N(c1cccc(F)c1)S(C)(=O)=O. The predicted molar refractivity (Wildman–Crippen MR) is 107 cm³/mol. The second-order valence-corrected chi connectivity index (χ2v) is 8.22. The second kappa shape index (κ2) is 8.52. The minimum atomic E-state index is -3.80. The first kappa shape index (κ1) is 20.9. The molecule has 1 N–H and O–H groups in total. The maximum absolute atomic E-state index is 13.6. The number of para-hydroxylation sites is 1. The maximum atomic E-state index is 13.6. The van der Waals surface area contributed by atoms with E-state index in [0.717, 1.165) is 40.6 Å². The third-order valence-electron chi connectivity index (χ3n) is 4.40. The molecule has 0 bridgehead atoms. The van der Waals surface area contributed by atoms with Crippen LogP contribution >= 0.6 is 0 Å². The molecule has 0 saturated heterocycles. The number of amides is 1. The van der Waals surface area contributed by atoms with E-state index in [9.17, 15) is 17.6 Å². The zero-order valence-corrected chi connectivity index (χ0v) is 16.8. The fraction of sp³-hybridized carbons (Fsp3) is 0.350. The lowest BCUT2D eigenvalue weighted by Gasteiger charge is -2.28. The molecule has 5 nitrogen and oxygen atoms in total. The van der Waals surface area contributed by atoms with Gasteiger partial charge in [-0.25, -0.2) is 12.8 Å². The Hall–Kier alpha value is -2.41. The first-order valence-electron chi connectivity index (χ1n) is 8.85. The standard InChI is InChI=1S/C20H25FN2O3S/c1-5-15-9-7-10-16(6-2)19(15)22-20(24)14(3)23(27(4,25)26)18-12-8-11-17(21)13-18/h7-14H,5-6H2,1-4H3,(H,22,24)/t14-/m1/s1. The van der Waals surface area contributed by atoms with Crippen LogP contribution in [0.25, 0.3) is 0 Å². The number of nitrogens with one attached hydrogen (secondary N) is 1. The van der Waals surface area contributed by atoms with E-state index in [-0.39, 0.29) is 5.69 Å². The van der Waals surface area contributed by atoms with Gasteiger partial charge in [0.2, 0.25) is 15.9 Å². The lowest BCUT2D eigenvalue weighted by molar-refractivity contribution is -0.116. The van der Waals surface area contributed by atoms with Crippen LogP contribution in [0.3, 0.4) is 0 Å². The summed E-state index contributed by atoms with van der Waals surface area (Å²) in [4.78, 5) is 12.9. The van der Waals surface area contributed by atoms with Gasteiger partial charge in [0.1, 0.15) is 11.9 Å². The summed E-state index contributed by atoms with van der Waals surface area (Å²) in [6.07, 6.45) is 2.47. The van der Waals surface area contributed by atoms with Gasteiger partial charge >= 0.3 is 0 Å². The van der Waals surface area contributed by atoms with Gasteiger partial charge < -0.3 is 5.32 Å². The highest BCUT2D eigenvalue weighted by atomic mass is 32.2. The molecule has 0 unspecified atom stereocenters. The molecule has 0 saturated carbocycles. The first-order valence-corrected chi connectivity index (χ1v) is 10.7. The van der Waals surface area contributed by atoms with E-state index < -0.39 is 27.8 Å². The summed E-state index contributed by atoms with van der Waals surface area (Å²) in [5, 5.41) is 2.88. The van der Waals surface area contributed by atoms with Crippen LogP contribution in [0.15, 0.2) is 42.5 Å². The topological polar surface area (TPSA) is 66.5 Å². The van der Waals surface area contributed by atoms with Gasteiger partial charge in [0.25, 0.3) is 0 Å². The molecule has 0 aromatic heterocycles. The van der Waals surface area contributed by atoms with Crippen LogP contribution in [-0.4, -0.2) is 26.6 Å². The molecule has 2 aromatic carbocycles. The lowest BCUT2D eigenvalue weighted by Crippen LogP contribution is -2.45. The molecule has 2 rings (SSSR count). The third-order valence-corrected chi connectivity index (χ3v) is 5.64. The maximum Gasteiger partial charge on any atom is 0.248 e. The molecule has 0 radical (unpaired) electrons. The fourth-order valence-corrected chi connectivity index (χ4v) is 4.22. The van der Waals surface area contributed by atoms with Crippen LogP contribution < -0.4 is 9.62 Å². The van der Waals surface area contributed by atoms with Gasteiger partial charge in [0, 0.05) is 5.69 Å². The van der Waals surface area contributed by atoms with E-state index in [1.165, 1.54) is 25.1 Å². The monoisotopic (exact) mass is 392 g/mol. The molecule has 0 aliphatic rings. The highest BCUT2D eigenvalue weighted by molar-refractivity contribution is 7.92. The number of aryl methyl sites for hydroxylation is 2. The Morgan fingerprint density at radius 1 is 1.11 bits per heavy atom. The van der Waals surface area contributed by atoms with E-state index in [1.807, 2.05) is 32.0 Å². The Labute approximate surface area is 160 Å². The van der Waals surface area contributed by atoms with Crippen molar-refractivity contribution < 1.29 is 17.6 Å². The van der Waals surface area contributed by atoms with Crippen molar-refractivity contribution >= 4 is 27.3 Å². The molecule has 146 valence electrons. The molecule has 0 spiro atoms. The zero-order chi connectivity index (χ0) is 20.2. The number of anilines is 2. The van der Waals surface area contributed by atoms with Gasteiger partial charge in [-0.2, -0.15) is 0 Å². The average molecular weight is 392 g/mol. The molecule has 7 heteroatoms. The van der Waals surface area contributed by atoms with Gasteiger partial charge in [0.05, 0.1) is 11.9 Å². The smallest absolute Gasteiger partial charge is 0.248 e. The number of halogens is 1. The van der Waals surface area contributed by atoms with Crippen molar-refractivity contribution in [3.63, 3.8) is 0 Å². The number of rotatable bonds is 7. The van der Waals surface area contributed by atoms with Gasteiger partial charge in [-0.1, -0.05) is 38.1 Å². The van der Waals surface area contributed by atoms with Crippen molar-refractivity contribution in [2.45, 2.75) is 39.7 Å². The van der Waals surface area contributed by atoms with Crippen LogP contribution in [0.5, 0.6) is 0 Å². The number of carbonyl (C=O) groups is 1. The molecule has 0 aliphatic heterocycles. The summed E-state index contributed by atoms with van der Waals surface area (Å²) < 4.78 is 39.2. The van der Waals surface area contributed by atoms with Crippen LogP contribution in [0, 0.1) is 5.82 Å². The van der Waals surface area contributed by atoms with E-state index in [0.29, 0.717) is 5.69 Å². The van der Waals surface area contributed by atoms with Crippen LogP contribution in [0.4, 0.5) is 15.8 Å². The summed E-state index contributed by atoms with van der Waals surface area (Å²) in [5.74, 6) is -1.04. The number of sulfonamides is 1. The molecule has 0 heterocycles. The molecule has 1 atom stereocenters. The molecule has 2 aromatic rings. The largest absolute Gasteiger partial charge is 0.324 e. The van der Waals surface area contributed by atoms with Crippen molar-refractivity contribution in [1.82, 2.24) is 0 Å². The summed E-state index contributed by atoms with van der Waals surface area (Å²) in [5.41, 5.74) is 2.78. The molecule has 0 aliphatic carbocycles. The Balaban J connectivity index is 2.40. The number of carbonyl (C=O) groups excluding carboxylic acids is 1. The van der Waals surface area contributed by atoms with E-state index >= 15 is 0 Å². The van der Waals surface area contributed by atoms with E-state index in [1.54, 1.807) is 0 Å². The quantitative estimate of drug-likeness (QED) is 0.780. The van der Waals surface area contributed by atoms with E-state index in [2.05, 4.69) is 5.32 Å². The fourth-order valence-electron chi connectivity index (χ4n) is 3.05. The predicted octanol–water partition coefficient (Wildman–Crippen LogP) is 3.74. The number of benzene rings is 2. The zero-order valence-electron chi connectivity index (χ0n) is 16.0. The summed E-state index contributed by atoms with van der Waals surface area (Å²) >= 11 is 0. The molecular weight excluding hydrogens is 367 g/mol. The molecular formula is C20H25FN2O3S. The van der Waals surface area contributed by atoms with Gasteiger partial charge in [0.15, 0.2) is 0 Å².